The molecule has 0 saturated carbocycles. The molecule has 0 bridgehead atoms. The van der Waals surface area contributed by atoms with Crippen LogP contribution in [0, 0.1) is 0 Å². The minimum absolute atomic E-state index is 0.0515. The Bertz CT molecular complexity index is 467. The Labute approximate surface area is 113 Å². The molecule has 1 saturated heterocycles. The van der Waals surface area contributed by atoms with E-state index in [1.807, 2.05) is 6.07 Å². The zero-order valence-corrected chi connectivity index (χ0v) is 11.1. The smallest absolute Gasteiger partial charge is 0.226 e. The number of fused-ring (bicyclic) bond motifs is 1. The molecular weight excluding hydrogens is 240 g/mol. The molecule has 1 aromatic carbocycles. The van der Waals surface area contributed by atoms with Crippen molar-refractivity contribution in [2.75, 3.05) is 23.8 Å². The van der Waals surface area contributed by atoms with E-state index < -0.39 is 0 Å². The number of nitrogens with one attached hydrogen (secondary N) is 2. The minimum Gasteiger partial charge on any atom is -0.385 e. The van der Waals surface area contributed by atoms with Gasteiger partial charge in [0.1, 0.15) is 0 Å². The molecular formula is C15H20N2O2. The second kappa shape index (κ2) is 5.61. The molecule has 19 heavy (non-hydrogen) atoms. The zero-order valence-electron chi connectivity index (χ0n) is 11.1. The standard InChI is InChI=1S/C15H20N2O2/c18-15(10-13-4-2-8-19-13)17-12-5-6-14-11(9-12)3-1-7-16-14/h5-6,9,13,16H,1-4,7-8,10H2,(H,17,18). The highest BCUT2D eigenvalue weighted by Crippen LogP contribution is 2.25. The Kier molecular flexibility index (Phi) is 3.69. The fraction of sp³-hybridized carbons (Fsp3) is 0.533. The predicted octanol–water partition coefficient (Wildman–Crippen LogP) is 2.55. The Morgan fingerprint density at radius 1 is 1.42 bits per heavy atom. The number of rotatable bonds is 3. The number of carbonyl (C=O) groups is 1. The second-order valence-corrected chi connectivity index (χ2v) is 5.29. The Morgan fingerprint density at radius 2 is 2.37 bits per heavy atom. The lowest BCUT2D eigenvalue weighted by Gasteiger charge is -2.19. The van der Waals surface area contributed by atoms with Crippen molar-refractivity contribution in [3.63, 3.8) is 0 Å². The van der Waals surface area contributed by atoms with Crippen LogP contribution in [0.3, 0.4) is 0 Å². The molecule has 2 heterocycles. The number of amides is 1. The van der Waals surface area contributed by atoms with Gasteiger partial charge in [-0.1, -0.05) is 0 Å². The highest BCUT2D eigenvalue weighted by atomic mass is 16.5. The molecule has 1 amide bonds. The van der Waals surface area contributed by atoms with Gasteiger partial charge in [-0.15, -0.1) is 0 Å². The van der Waals surface area contributed by atoms with Crippen molar-refractivity contribution in [3.8, 4) is 0 Å². The maximum atomic E-state index is 11.9. The summed E-state index contributed by atoms with van der Waals surface area (Å²) in [6.07, 6.45) is 4.89. The lowest BCUT2D eigenvalue weighted by Crippen LogP contribution is -2.19. The zero-order chi connectivity index (χ0) is 13.1. The number of carbonyl (C=O) groups excluding carboxylic acids is 1. The fourth-order valence-corrected chi connectivity index (χ4v) is 2.78. The van der Waals surface area contributed by atoms with Gasteiger partial charge in [-0.05, 0) is 49.4 Å². The van der Waals surface area contributed by atoms with Crippen LogP contribution in [-0.4, -0.2) is 25.2 Å². The van der Waals surface area contributed by atoms with Crippen LogP contribution in [0.1, 0.15) is 31.2 Å². The van der Waals surface area contributed by atoms with E-state index in [0.717, 1.165) is 44.5 Å². The summed E-state index contributed by atoms with van der Waals surface area (Å²) in [7, 11) is 0. The predicted molar refractivity (Wildman–Crippen MR) is 75.5 cm³/mol. The fourth-order valence-electron chi connectivity index (χ4n) is 2.78. The minimum atomic E-state index is 0.0515. The van der Waals surface area contributed by atoms with Crippen molar-refractivity contribution < 1.29 is 9.53 Å². The number of anilines is 2. The second-order valence-electron chi connectivity index (χ2n) is 5.29. The van der Waals surface area contributed by atoms with Crippen LogP contribution in [0.4, 0.5) is 11.4 Å². The average Bonchev–Trinajstić information content (AvgIpc) is 2.91. The van der Waals surface area contributed by atoms with Gasteiger partial charge in [0.2, 0.25) is 5.91 Å². The third-order valence-corrected chi connectivity index (χ3v) is 3.76. The van der Waals surface area contributed by atoms with E-state index in [1.54, 1.807) is 0 Å². The highest BCUT2D eigenvalue weighted by molar-refractivity contribution is 5.91. The van der Waals surface area contributed by atoms with Crippen molar-refractivity contribution in [2.45, 2.75) is 38.2 Å². The van der Waals surface area contributed by atoms with Gasteiger partial charge in [-0.25, -0.2) is 0 Å². The molecule has 2 aliphatic heterocycles. The molecule has 4 nitrogen and oxygen atoms in total. The summed E-state index contributed by atoms with van der Waals surface area (Å²) < 4.78 is 5.48. The average molecular weight is 260 g/mol. The molecule has 1 atom stereocenters. The number of aryl methyl sites for hydroxylation is 1. The summed E-state index contributed by atoms with van der Waals surface area (Å²) >= 11 is 0. The molecule has 0 aliphatic carbocycles. The molecule has 2 N–H and O–H groups in total. The van der Waals surface area contributed by atoms with Crippen LogP contribution in [0.5, 0.6) is 0 Å². The lowest BCUT2D eigenvalue weighted by atomic mass is 10.0. The Balaban J connectivity index is 1.61. The van der Waals surface area contributed by atoms with Crippen LogP contribution < -0.4 is 10.6 Å². The largest absolute Gasteiger partial charge is 0.385 e. The van der Waals surface area contributed by atoms with Gasteiger partial charge in [-0.3, -0.25) is 4.79 Å². The van der Waals surface area contributed by atoms with Crippen molar-refractivity contribution >= 4 is 17.3 Å². The molecule has 3 rings (SSSR count). The maximum Gasteiger partial charge on any atom is 0.226 e. The molecule has 0 radical (unpaired) electrons. The van der Waals surface area contributed by atoms with E-state index >= 15 is 0 Å². The first-order chi connectivity index (χ1) is 9.31. The summed E-state index contributed by atoms with van der Waals surface area (Å²) in [5.74, 6) is 0.0515. The van der Waals surface area contributed by atoms with E-state index in [9.17, 15) is 4.79 Å². The van der Waals surface area contributed by atoms with E-state index in [-0.39, 0.29) is 12.0 Å². The Morgan fingerprint density at radius 3 is 3.21 bits per heavy atom. The van der Waals surface area contributed by atoms with E-state index in [1.165, 1.54) is 11.3 Å². The van der Waals surface area contributed by atoms with Crippen molar-refractivity contribution in [1.82, 2.24) is 0 Å². The summed E-state index contributed by atoms with van der Waals surface area (Å²) in [6, 6.07) is 6.09. The number of hydrogen-bond acceptors (Lipinski definition) is 3. The summed E-state index contributed by atoms with van der Waals surface area (Å²) in [4.78, 5) is 11.9. The third kappa shape index (κ3) is 3.07. The first-order valence-electron chi connectivity index (χ1n) is 7.09. The van der Waals surface area contributed by atoms with E-state index in [0.29, 0.717) is 6.42 Å². The Hall–Kier alpha value is -1.55. The highest BCUT2D eigenvalue weighted by Gasteiger charge is 2.19. The quantitative estimate of drug-likeness (QED) is 0.878. The number of ether oxygens (including phenoxy) is 1. The molecule has 0 spiro atoms. The molecule has 102 valence electrons. The maximum absolute atomic E-state index is 11.9. The van der Waals surface area contributed by atoms with Crippen LogP contribution in [0.25, 0.3) is 0 Å². The molecule has 0 aromatic heterocycles. The van der Waals surface area contributed by atoms with Gasteiger partial charge < -0.3 is 15.4 Å². The number of hydrogen-bond donors (Lipinski definition) is 2. The van der Waals surface area contributed by atoms with Crippen molar-refractivity contribution in [2.24, 2.45) is 0 Å². The molecule has 1 unspecified atom stereocenters. The third-order valence-electron chi connectivity index (χ3n) is 3.76. The van der Waals surface area contributed by atoms with E-state index in [4.69, 9.17) is 4.74 Å². The van der Waals surface area contributed by atoms with Crippen LogP contribution in [0.15, 0.2) is 18.2 Å². The van der Waals surface area contributed by atoms with Gasteiger partial charge in [0.05, 0.1) is 12.5 Å². The first-order valence-corrected chi connectivity index (χ1v) is 7.09. The summed E-state index contributed by atoms with van der Waals surface area (Å²) in [5.41, 5.74) is 3.38. The normalized spacial score (nSPS) is 21.6. The van der Waals surface area contributed by atoms with Gasteiger partial charge >= 0.3 is 0 Å². The van der Waals surface area contributed by atoms with Crippen molar-refractivity contribution in [1.29, 1.82) is 0 Å². The van der Waals surface area contributed by atoms with Crippen LogP contribution >= 0.6 is 0 Å². The van der Waals surface area contributed by atoms with Gasteiger partial charge in [0.15, 0.2) is 0 Å². The summed E-state index contributed by atoms with van der Waals surface area (Å²) in [5, 5.41) is 6.34. The summed E-state index contributed by atoms with van der Waals surface area (Å²) in [6.45, 7) is 1.83. The van der Waals surface area contributed by atoms with Gasteiger partial charge in [-0.2, -0.15) is 0 Å². The van der Waals surface area contributed by atoms with Gasteiger partial charge in [0, 0.05) is 24.5 Å². The topological polar surface area (TPSA) is 50.4 Å². The van der Waals surface area contributed by atoms with Crippen LogP contribution in [-0.2, 0) is 16.0 Å². The lowest BCUT2D eigenvalue weighted by molar-refractivity contribution is -0.118. The molecule has 1 aromatic rings. The first kappa shape index (κ1) is 12.5. The molecule has 1 fully saturated rings. The number of benzene rings is 1. The SMILES string of the molecule is O=C(CC1CCCO1)Nc1ccc2c(c1)CCCN2. The molecule has 2 aliphatic rings. The van der Waals surface area contributed by atoms with Gasteiger partial charge in [0.25, 0.3) is 0 Å². The monoisotopic (exact) mass is 260 g/mol. The van der Waals surface area contributed by atoms with Crippen LogP contribution in [0.2, 0.25) is 0 Å². The van der Waals surface area contributed by atoms with Crippen molar-refractivity contribution in [3.05, 3.63) is 23.8 Å². The van der Waals surface area contributed by atoms with E-state index in [2.05, 4.69) is 22.8 Å². The molecule has 4 heteroatoms.